The second-order valence-corrected chi connectivity index (χ2v) is 5.05. The van der Waals surface area contributed by atoms with Crippen molar-refractivity contribution in [2.45, 2.75) is 13.8 Å². The van der Waals surface area contributed by atoms with Crippen LogP contribution in [0.1, 0.15) is 13.8 Å². The Morgan fingerprint density at radius 1 is 1.33 bits per heavy atom. The van der Waals surface area contributed by atoms with E-state index < -0.39 is 11.1 Å². The minimum atomic E-state index is -3.74. The van der Waals surface area contributed by atoms with E-state index in [-0.39, 0.29) is 5.92 Å². The first-order chi connectivity index (χ1) is 6.91. The van der Waals surface area contributed by atoms with Crippen LogP contribution in [0.25, 0.3) is 0 Å². The zero-order valence-electron chi connectivity index (χ0n) is 8.74. The minimum Gasteiger partial charge on any atom is -0.292 e. The molecule has 0 bridgehead atoms. The lowest BCUT2D eigenvalue weighted by atomic mass is 10.2. The first-order valence-electron chi connectivity index (χ1n) is 4.60. The number of hydrogen-bond acceptors (Lipinski definition) is 5. The molecule has 6 heteroatoms. The van der Waals surface area contributed by atoms with Gasteiger partial charge in [-0.15, -0.1) is 0 Å². The van der Waals surface area contributed by atoms with Gasteiger partial charge in [-0.2, -0.15) is 0 Å². The van der Waals surface area contributed by atoms with Crippen molar-refractivity contribution in [1.29, 1.82) is 0 Å². The molecule has 0 aromatic carbocycles. The molecular weight excluding hydrogens is 216 g/mol. The predicted octanol–water partition coefficient (Wildman–Crippen LogP) is 2.68. The molecule has 0 fully saturated rings. The second-order valence-electron chi connectivity index (χ2n) is 3.63. The maximum atomic E-state index is 9.26. The van der Waals surface area contributed by atoms with Crippen LogP contribution in [0.2, 0.25) is 0 Å². The smallest absolute Gasteiger partial charge is 0.181 e. The average molecular weight is 232 g/mol. The van der Waals surface area contributed by atoms with Gasteiger partial charge in [0.15, 0.2) is 11.1 Å². The molecule has 0 saturated carbocycles. The lowest BCUT2D eigenvalue weighted by Gasteiger charge is -2.35. The van der Waals surface area contributed by atoms with Crippen molar-refractivity contribution in [1.82, 2.24) is 4.98 Å². The highest BCUT2D eigenvalue weighted by Gasteiger charge is 2.25. The standard InChI is InChI=1S/C9H16N2O3S/c1-8(2)7-11(15(12,13)14)9-5-3-4-6-10-9/h3-6,8,12-14H,7H2,1-2H3. The monoisotopic (exact) mass is 232 g/mol. The summed E-state index contributed by atoms with van der Waals surface area (Å²) in [7, 11) is 0. The second kappa shape index (κ2) is 4.80. The minimum absolute atomic E-state index is 0.185. The number of anilines is 1. The normalized spacial score (nSPS) is 12.9. The Hall–Kier alpha value is -0.820. The van der Waals surface area contributed by atoms with Crippen LogP contribution in [0.15, 0.2) is 24.4 Å². The third kappa shape index (κ3) is 3.67. The van der Waals surface area contributed by atoms with Crippen LogP contribution in [0.3, 0.4) is 0 Å². The summed E-state index contributed by atoms with van der Waals surface area (Å²) in [6.07, 6.45) is 1.54. The van der Waals surface area contributed by atoms with Crippen LogP contribution in [0, 0.1) is 5.92 Å². The molecule has 0 atom stereocenters. The van der Waals surface area contributed by atoms with Gasteiger partial charge in [0.25, 0.3) is 0 Å². The van der Waals surface area contributed by atoms with E-state index in [0.717, 1.165) is 4.31 Å². The van der Waals surface area contributed by atoms with Crippen molar-refractivity contribution >= 4 is 16.9 Å². The summed E-state index contributed by atoms with van der Waals surface area (Å²) < 4.78 is 28.9. The molecule has 0 unspecified atom stereocenters. The van der Waals surface area contributed by atoms with Gasteiger partial charge in [0.05, 0.1) is 0 Å². The highest BCUT2D eigenvalue weighted by Crippen LogP contribution is 2.41. The molecular formula is C9H16N2O3S. The molecule has 15 heavy (non-hydrogen) atoms. The van der Waals surface area contributed by atoms with Gasteiger partial charge in [0.2, 0.25) is 0 Å². The van der Waals surface area contributed by atoms with Crippen molar-refractivity contribution in [2.24, 2.45) is 5.92 Å². The average Bonchev–Trinajstić information content (AvgIpc) is 2.14. The van der Waals surface area contributed by atoms with Crippen molar-refractivity contribution in [3.05, 3.63) is 24.4 Å². The molecule has 0 spiro atoms. The van der Waals surface area contributed by atoms with E-state index in [4.69, 9.17) is 0 Å². The molecule has 1 aromatic rings. The van der Waals surface area contributed by atoms with Crippen LogP contribution < -0.4 is 4.31 Å². The Labute approximate surface area is 91.1 Å². The Morgan fingerprint density at radius 3 is 2.40 bits per heavy atom. The summed E-state index contributed by atoms with van der Waals surface area (Å²) in [5.41, 5.74) is 0. The molecule has 0 saturated heterocycles. The van der Waals surface area contributed by atoms with E-state index in [0.29, 0.717) is 12.4 Å². The van der Waals surface area contributed by atoms with Gasteiger partial charge in [-0.25, -0.2) is 4.98 Å². The van der Waals surface area contributed by atoms with Crippen LogP contribution in [0.5, 0.6) is 0 Å². The van der Waals surface area contributed by atoms with E-state index in [1.165, 1.54) is 6.20 Å². The molecule has 0 aliphatic rings. The number of rotatable bonds is 4. The largest absolute Gasteiger partial charge is 0.292 e. The van der Waals surface area contributed by atoms with Crippen LogP contribution in [-0.2, 0) is 0 Å². The fourth-order valence-electron chi connectivity index (χ4n) is 1.15. The van der Waals surface area contributed by atoms with Crippen LogP contribution in [-0.4, -0.2) is 25.2 Å². The Kier molecular flexibility index (Phi) is 3.92. The lowest BCUT2D eigenvalue weighted by molar-refractivity contribution is 0.367. The molecule has 1 rings (SSSR count). The lowest BCUT2D eigenvalue weighted by Crippen LogP contribution is -2.31. The fourth-order valence-corrected chi connectivity index (χ4v) is 2.01. The molecule has 0 radical (unpaired) electrons. The summed E-state index contributed by atoms with van der Waals surface area (Å²) in [4.78, 5) is 3.97. The maximum absolute atomic E-state index is 9.26. The predicted molar refractivity (Wildman–Crippen MR) is 61.9 cm³/mol. The van der Waals surface area contributed by atoms with Gasteiger partial charge in [0.1, 0.15) is 5.82 Å². The van der Waals surface area contributed by atoms with Gasteiger partial charge >= 0.3 is 0 Å². The third-order valence-electron chi connectivity index (χ3n) is 1.73. The number of hydrogen-bond donors (Lipinski definition) is 3. The van der Waals surface area contributed by atoms with Crippen LogP contribution in [0.4, 0.5) is 5.82 Å². The summed E-state index contributed by atoms with van der Waals surface area (Å²) in [5, 5.41) is 0. The Balaban J connectivity index is 2.92. The van der Waals surface area contributed by atoms with Gasteiger partial charge in [-0.1, -0.05) is 19.9 Å². The molecule has 1 aromatic heterocycles. The quantitative estimate of drug-likeness (QED) is 0.744. The van der Waals surface area contributed by atoms with E-state index in [9.17, 15) is 13.7 Å². The van der Waals surface area contributed by atoms with Crippen molar-refractivity contribution in [2.75, 3.05) is 10.8 Å². The number of pyridine rings is 1. The van der Waals surface area contributed by atoms with E-state index in [2.05, 4.69) is 4.98 Å². The van der Waals surface area contributed by atoms with E-state index in [1.807, 2.05) is 13.8 Å². The molecule has 1 heterocycles. The molecule has 3 N–H and O–H groups in total. The first kappa shape index (κ1) is 12.3. The van der Waals surface area contributed by atoms with Gasteiger partial charge in [-0.3, -0.25) is 18.0 Å². The molecule has 0 aliphatic carbocycles. The van der Waals surface area contributed by atoms with Crippen LogP contribution >= 0.6 is 11.1 Å². The third-order valence-corrected chi connectivity index (χ3v) is 2.66. The zero-order chi connectivity index (χ0) is 11.5. The van der Waals surface area contributed by atoms with Gasteiger partial charge in [0, 0.05) is 12.7 Å². The Morgan fingerprint density at radius 2 is 2.00 bits per heavy atom. The van der Waals surface area contributed by atoms with Crippen molar-refractivity contribution < 1.29 is 13.7 Å². The summed E-state index contributed by atoms with van der Waals surface area (Å²) >= 11 is -3.74. The molecule has 86 valence electrons. The Bertz CT molecular complexity index is 300. The highest BCUT2D eigenvalue weighted by molar-refractivity contribution is 8.20. The highest BCUT2D eigenvalue weighted by atomic mass is 32.3. The maximum Gasteiger partial charge on any atom is 0.181 e. The summed E-state index contributed by atoms with van der Waals surface area (Å²) in [5.74, 6) is 0.541. The van der Waals surface area contributed by atoms with Gasteiger partial charge in [-0.05, 0) is 18.1 Å². The molecule has 5 nitrogen and oxygen atoms in total. The topological polar surface area (TPSA) is 76.8 Å². The van der Waals surface area contributed by atoms with Crippen molar-refractivity contribution in [3.63, 3.8) is 0 Å². The summed E-state index contributed by atoms with van der Waals surface area (Å²) in [6.45, 7) is 4.16. The molecule has 0 aliphatic heterocycles. The zero-order valence-corrected chi connectivity index (χ0v) is 9.55. The molecule has 0 amide bonds. The van der Waals surface area contributed by atoms with Crippen molar-refractivity contribution in [3.8, 4) is 0 Å². The fraction of sp³-hybridized carbons (Fsp3) is 0.444. The summed E-state index contributed by atoms with van der Waals surface area (Å²) in [6, 6.07) is 5.06. The number of nitrogens with zero attached hydrogens (tertiary/aromatic N) is 2. The van der Waals surface area contributed by atoms with E-state index in [1.54, 1.807) is 18.2 Å². The van der Waals surface area contributed by atoms with Gasteiger partial charge < -0.3 is 0 Å². The van der Waals surface area contributed by atoms with E-state index >= 15 is 0 Å². The number of aromatic nitrogens is 1. The first-order valence-corrected chi connectivity index (χ1v) is 6.06. The SMILES string of the molecule is CC(C)CN(c1ccccn1)S(O)(O)O.